The number of carbonyl (C=O) groups excluding carboxylic acids is 1. The number of hydrogen-bond acceptors (Lipinski definition) is 1. The minimum Gasteiger partial charge on any atom is -0.324 e. The smallest absolute Gasteiger partial charge is 0.235 e. The number of carbonyl (C=O) groups is 1. The normalized spacial score (nSPS) is 9.77. The second-order valence-corrected chi connectivity index (χ2v) is 4.03. The monoisotopic (exact) mass is 305 g/mol. The van der Waals surface area contributed by atoms with Gasteiger partial charge in [-0.25, -0.2) is 0 Å². The van der Waals surface area contributed by atoms with Crippen LogP contribution in [0.1, 0.15) is 5.56 Å². The van der Waals surface area contributed by atoms with E-state index in [-0.39, 0.29) is 5.91 Å². The quantitative estimate of drug-likeness (QED) is 0.836. The van der Waals surface area contributed by atoms with Gasteiger partial charge in [-0.1, -0.05) is 28.1 Å². The highest BCUT2D eigenvalue weighted by molar-refractivity contribution is 9.10. The molecule has 13 heavy (non-hydrogen) atoms. The van der Waals surface area contributed by atoms with Gasteiger partial charge in [-0.15, -0.1) is 0 Å². The molecular formula is C9H9Br2NO. The molecule has 0 spiro atoms. The van der Waals surface area contributed by atoms with Gasteiger partial charge in [0.25, 0.3) is 0 Å². The maximum atomic E-state index is 11.1. The summed E-state index contributed by atoms with van der Waals surface area (Å²) in [7, 11) is 0. The zero-order valence-electron chi connectivity index (χ0n) is 7.10. The Labute approximate surface area is 94.0 Å². The van der Waals surface area contributed by atoms with Crippen LogP contribution >= 0.6 is 31.9 Å². The lowest BCUT2D eigenvalue weighted by Gasteiger charge is -2.08. The molecule has 0 atom stereocenters. The lowest BCUT2D eigenvalue weighted by Crippen LogP contribution is -2.13. The Balaban J connectivity index is 2.93. The van der Waals surface area contributed by atoms with Gasteiger partial charge in [-0.05, 0) is 34.5 Å². The van der Waals surface area contributed by atoms with Gasteiger partial charge in [-0.3, -0.25) is 4.79 Å². The fraction of sp³-hybridized carbons (Fsp3) is 0.222. The van der Waals surface area contributed by atoms with Crippen molar-refractivity contribution in [2.24, 2.45) is 0 Å². The topological polar surface area (TPSA) is 29.1 Å². The van der Waals surface area contributed by atoms with Crippen molar-refractivity contribution in [3.05, 3.63) is 28.2 Å². The van der Waals surface area contributed by atoms with E-state index in [1.807, 2.05) is 25.1 Å². The van der Waals surface area contributed by atoms with Crippen LogP contribution in [-0.2, 0) is 4.79 Å². The van der Waals surface area contributed by atoms with E-state index in [4.69, 9.17) is 0 Å². The summed E-state index contributed by atoms with van der Waals surface area (Å²) in [4.78, 5) is 11.1. The van der Waals surface area contributed by atoms with Crippen LogP contribution in [0.5, 0.6) is 0 Å². The van der Waals surface area contributed by atoms with Crippen molar-refractivity contribution >= 4 is 43.5 Å². The number of para-hydroxylation sites is 1. The van der Waals surface area contributed by atoms with Crippen molar-refractivity contribution in [1.82, 2.24) is 0 Å². The molecule has 0 saturated carbocycles. The summed E-state index contributed by atoms with van der Waals surface area (Å²) < 4.78 is 0.904. The van der Waals surface area contributed by atoms with Gasteiger partial charge in [0, 0.05) is 4.47 Å². The van der Waals surface area contributed by atoms with Crippen molar-refractivity contribution in [3.8, 4) is 0 Å². The zero-order valence-corrected chi connectivity index (χ0v) is 10.3. The van der Waals surface area contributed by atoms with Gasteiger partial charge < -0.3 is 5.32 Å². The van der Waals surface area contributed by atoms with E-state index in [9.17, 15) is 4.79 Å². The highest BCUT2D eigenvalue weighted by Gasteiger charge is 2.05. The largest absolute Gasteiger partial charge is 0.324 e. The third kappa shape index (κ3) is 2.81. The predicted molar refractivity (Wildman–Crippen MR) is 61.3 cm³/mol. The van der Waals surface area contributed by atoms with E-state index < -0.39 is 0 Å². The molecule has 2 nitrogen and oxygen atoms in total. The van der Waals surface area contributed by atoms with Crippen LogP contribution in [0.15, 0.2) is 22.7 Å². The number of anilines is 1. The maximum absolute atomic E-state index is 11.1. The number of amides is 1. The SMILES string of the molecule is Cc1cccc(Br)c1NC(=O)CBr. The molecule has 0 radical (unpaired) electrons. The van der Waals surface area contributed by atoms with Crippen molar-refractivity contribution < 1.29 is 4.79 Å². The Hall–Kier alpha value is -0.350. The van der Waals surface area contributed by atoms with E-state index in [0.717, 1.165) is 15.7 Å². The zero-order chi connectivity index (χ0) is 9.84. The molecule has 0 heterocycles. The number of alkyl halides is 1. The van der Waals surface area contributed by atoms with Crippen LogP contribution < -0.4 is 5.32 Å². The van der Waals surface area contributed by atoms with Crippen LogP contribution in [-0.4, -0.2) is 11.2 Å². The molecule has 4 heteroatoms. The second kappa shape index (κ2) is 4.77. The van der Waals surface area contributed by atoms with Crippen LogP contribution in [0.2, 0.25) is 0 Å². The first-order chi connectivity index (χ1) is 6.15. The van der Waals surface area contributed by atoms with Crippen LogP contribution in [0.25, 0.3) is 0 Å². The first kappa shape index (κ1) is 10.7. The minimum atomic E-state index is -0.0463. The summed E-state index contributed by atoms with van der Waals surface area (Å²) in [5.74, 6) is -0.0463. The fourth-order valence-electron chi connectivity index (χ4n) is 0.963. The number of halogens is 2. The number of aryl methyl sites for hydroxylation is 1. The number of rotatable bonds is 2. The molecule has 0 aliphatic carbocycles. The number of benzene rings is 1. The second-order valence-electron chi connectivity index (χ2n) is 2.61. The van der Waals surface area contributed by atoms with Crippen LogP contribution in [0.4, 0.5) is 5.69 Å². The van der Waals surface area contributed by atoms with Gasteiger partial charge in [0.15, 0.2) is 0 Å². The van der Waals surface area contributed by atoms with Gasteiger partial charge in [-0.2, -0.15) is 0 Å². The minimum absolute atomic E-state index is 0.0463. The molecule has 0 fully saturated rings. The Morgan fingerprint density at radius 1 is 1.54 bits per heavy atom. The van der Waals surface area contributed by atoms with E-state index in [0.29, 0.717) is 5.33 Å². The first-order valence-corrected chi connectivity index (χ1v) is 5.67. The fourth-order valence-corrected chi connectivity index (χ4v) is 1.67. The highest BCUT2D eigenvalue weighted by Crippen LogP contribution is 2.25. The van der Waals surface area contributed by atoms with E-state index in [1.165, 1.54) is 0 Å². The Bertz CT molecular complexity index is 305. The standard InChI is InChI=1S/C9H9Br2NO/c1-6-3-2-4-7(11)9(6)12-8(13)5-10/h2-4H,5H2,1H3,(H,12,13). The lowest BCUT2D eigenvalue weighted by atomic mass is 10.2. The molecule has 0 bridgehead atoms. The molecule has 0 saturated heterocycles. The molecule has 70 valence electrons. The van der Waals surface area contributed by atoms with E-state index in [1.54, 1.807) is 0 Å². The maximum Gasteiger partial charge on any atom is 0.235 e. The highest BCUT2D eigenvalue weighted by atomic mass is 79.9. The predicted octanol–water partition coefficient (Wildman–Crippen LogP) is 3.09. The van der Waals surface area contributed by atoms with Crippen molar-refractivity contribution in [2.75, 3.05) is 10.6 Å². The Morgan fingerprint density at radius 3 is 2.77 bits per heavy atom. The third-order valence-corrected chi connectivity index (χ3v) is 2.78. The molecular weight excluding hydrogens is 298 g/mol. The molecule has 0 aliphatic rings. The number of nitrogens with one attached hydrogen (secondary N) is 1. The summed E-state index contributed by atoms with van der Waals surface area (Å²) >= 11 is 6.47. The third-order valence-electron chi connectivity index (χ3n) is 1.61. The summed E-state index contributed by atoms with van der Waals surface area (Å²) in [6.07, 6.45) is 0. The van der Waals surface area contributed by atoms with Gasteiger partial charge >= 0.3 is 0 Å². The molecule has 1 rings (SSSR count). The molecule has 1 amide bonds. The average molecular weight is 307 g/mol. The van der Waals surface area contributed by atoms with Crippen LogP contribution in [0.3, 0.4) is 0 Å². The summed E-state index contributed by atoms with van der Waals surface area (Å²) in [6.45, 7) is 1.95. The van der Waals surface area contributed by atoms with Crippen molar-refractivity contribution in [2.45, 2.75) is 6.92 Å². The average Bonchev–Trinajstić information content (AvgIpc) is 2.11. The molecule has 1 aromatic rings. The molecule has 0 aliphatic heterocycles. The first-order valence-electron chi connectivity index (χ1n) is 3.76. The van der Waals surface area contributed by atoms with Crippen molar-refractivity contribution in [1.29, 1.82) is 0 Å². The molecule has 0 unspecified atom stereocenters. The Kier molecular flexibility index (Phi) is 3.93. The molecule has 1 aromatic carbocycles. The summed E-state index contributed by atoms with van der Waals surface area (Å²) in [5.41, 5.74) is 1.88. The molecule has 0 aromatic heterocycles. The van der Waals surface area contributed by atoms with E-state index >= 15 is 0 Å². The summed E-state index contributed by atoms with van der Waals surface area (Å²) in [6, 6.07) is 5.79. The summed E-state index contributed by atoms with van der Waals surface area (Å²) in [5, 5.41) is 3.11. The van der Waals surface area contributed by atoms with E-state index in [2.05, 4.69) is 37.2 Å². The molecule has 1 N–H and O–H groups in total. The Morgan fingerprint density at radius 2 is 2.23 bits per heavy atom. The van der Waals surface area contributed by atoms with Gasteiger partial charge in [0.05, 0.1) is 11.0 Å². The van der Waals surface area contributed by atoms with Gasteiger partial charge in [0.2, 0.25) is 5.91 Å². The van der Waals surface area contributed by atoms with Gasteiger partial charge in [0.1, 0.15) is 0 Å². The van der Waals surface area contributed by atoms with Crippen LogP contribution in [0, 0.1) is 6.92 Å². The number of hydrogen-bond donors (Lipinski definition) is 1. The van der Waals surface area contributed by atoms with Crippen molar-refractivity contribution in [3.63, 3.8) is 0 Å². The lowest BCUT2D eigenvalue weighted by molar-refractivity contribution is -0.113.